The summed E-state index contributed by atoms with van der Waals surface area (Å²) in [6.45, 7) is 5.57. The molecule has 0 aliphatic heterocycles. The average Bonchev–Trinajstić information content (AvgIpc) is 2.19. The van der Waals surface area contributed by atoms with Gasteiger partial charge in [0.1, 0.15) is 0 Å². The molecule has 1 rings (SSSR count). The molecule has 0 atom stereocenters. The number of hydrogen-bond donors (Lipinski definition) is 1. The number of hydrogen-bond acceptors (Lipinski definition) is 2. The van der Waals surface area contributed by atoms with E-state index in [9.17, 15) is 0 Å². The average molecular weight is 184 g/mol. The van der Waals surface area contributed by atoms with Crippen molar-refractivity contribution in [1.29, 1.82) is 5.26 Å². The van der Waals surface area contributed by atoms with E-state index in [0.717, 1.165) is 11.4 Å². The van der Waals surface area contributed by atoms with Gasteiger partial charge in [0.15, 0.2) is 0 Å². The fourth-order valence-corrected chi connectivity index (χ4v) is 1.07. The molecule has 0 saturated heterocycles. The zero-order chi connectivity index (χ0) is 10.4. The Kier molecular flexibility index (Phi) is 3.51. The van der Waals surface area contributed by atoms with Crippen LogP contribution in [0.1, 0.15) is 12.5 Å². The highest BCUT2D eigenvalue weighted by molar-refractivity contribution is 5.50. The third-order valence-electron chi connectivity index (χ3n) is 1.72. The highest BCUT2D eigenvalue weighted by atomic mass is 14.9. The molecule has 0 aromatic heterocycles. The molecule has 70 valence electrons. The molecule has 0 fully saturated rings. The van der Waals surface area contributed by atoms with Gasteiger partial charge in [-0.3, -0.25) is 0 Å². The molecule has 0 unspecified atom stereocenters. The first-order valence-electron chi connectivity index (χ1n) is 4.33. The van der Waals surface area contributed by atoms with Gasteiger partial charge in [0.2, 0.25) is 0 Å². The number of benzene rings is 1. The van der Waals surface area contributed by atoms with Crippen LogP contribution in [0.2, 0.25) is 0 Å². The smallest absolute Gasteiger partial charge is 0.0991 e. The molecule has 0 saturated carbocycles. The maximum atomic E-state index is 8.60. The van der Waals surface area contributed by atoms with Gasteiger partial charge < -0.3 is 5.32 Å². The van der Waals surface area contributed by atoms with Crippen LogP contribution in [0.3, 0.4) is 0 Å². The molecule has 0 aliphatic carbocycles. The molecule has 0 spiro atoms. The van der Waals surface area contributed by atoms with Crippen LogP contribution in [0.15, 0.2) is 48.7 Å². The van der Waals surface area contributed by atoms with E-state index in [1.54, 1.807) is 18.2 Å². The summed E-state index contributed by atoms with van der Waals surface area (Å²) in [6.07, 6.45) is 3.62. The minimum atomic E-state index is 0.668. The lowest BCUT2D eigenvalue weighted by Crippen LogP contribution is -1.94. The third-order valence-corrected chi connectivity index (χ3v) is 1.72. The molecular formula is C12H12N2. The summed E-state index contributed by atoms with van der Waals surface area (Å²) in [5.74, 6) is 0. The van der Waals surface area contributed by atoms with Crippen molar-refractivity contribution >= 4 is 5.69 Å². The Morgan fingerprint density at radius 2 is 2.07 bits per heavy atom. The van der Waals surface area contributed by atoms with Gasteiger partial charge in [-0.1, -0.05) is 12.7 Å². The van der Waals surface area contributed by atoms with Crippen molar-refractivity contribution in [2.24, 2.45) is 0 Å². The fraction of sp³-hybridized carbons (Fsp3) is 0.0833. The molecule has 1 aromatic carbocycles. The second kappa shape index (κ2) is 4.88. The summed E-state index contributed by atoms with van der Waals surface area (Å²) >= 11 is 0. The number of allylic oxidation sites excluding steroid dienone is 3. The maximum absolute atomic E-state index is 8.60. The molecular weight excluding hydrogens is 172 g/mol. The fourth-order valence-electron chi connectivity index (χ4n) is 1.07. The van der Waals surface area contributed by atoms with Crippen LogP contribution >= 0.6 is 0 Å². The summed E-state index contributed by atoms with van der Waals surface area (Å²) in [4.78, 5) is 0. The summed E-state index contributed by atoms with van der Waals surface area (Å²) in [5.41, 5.74) is 2.66. The van der Waals surface area contributed by atoms with Gasteiger partial charge in [-0.2, -0.15) is 5.26 Å². The monoisotopic (exact) mass is 184 g/mol. The standard InChI is InChI=1S/C12H12N2/c1-3-4-10(2)14-12-7-5-11(9-13)6-8-12/h3-8,14H,1H2,2H3/b10-4+. The number of nitrogens with zero attached hydrogens (tertiary/aromatic N) is 1. The minimum absolute atomic E-state index is 0.668. The van der Waals surface area contributed by atoms with Gasteiger partial charge in [-0.05, 0) is 37.3 Å². The highest BCUT2D eigenvalue weighted by Crippen LogP contribution is 2.11. The predicted octanol–water partition coefficient (Wildman–Crippen LogP) is 3.06. The van der Waals surface area contributed by atoms with Gasteiger partial charge >= 0.3 is 0 Å². The quantitative estimate of drug-likeness (QED) is 0.733. The van der Waals surface area contributed by atoms with Crippen molar-refractivity contribution in [3.63, 3.8) is 0 Å². The van der Waals surface area contributed by atoms with Crippen molar-refractivity contribution in [3.05, 3.63) is 54.3 Å². The molecule has 2 nitrogen and oxygen atoms in total. The van der Waals surface area contributed by atoms with Crippen LogP contribution in [0, 0.1) is 11.3 Å². The Hall–Kier alpha value is -2.01. The highest BCUT2D eigenvalue weighted by Gasteiger charge is 1.92. The largest absolute Gasteiger partial charge is 0.359 e. The van der Waals surface area contributed by atoms with E-state index in [1.807, 2.05) is 25.1 Å². The molecule has 0 radical (unpaired) electrons. The maximum Gasteiger partial charge on any atom is 0.0991 e. The predicted molar refractivity (Wildman–Crippen MR) is 58.7 cm³/mol. The number of anilines is 1. The van der Waals surface area contributed by atoms with Crippen molar-refractivity contribution in [1.82, 2.24) is 0 Å². The molecule has 2 heteroatoms. The Bertz CT molecular complexity index is 380. The molecule has 0 heterocycles. The molecule has 0 amide bonds. The van der Waals surface area contributed by atoms with Crippen LogP contribution < -0.4 is 5.32 Å². The van der Waals surface area contributed by atoms with Crippen molar-refractivity contribution in [2.45, 2.75) is 6.92 Å². The second-order valence-electron chi connectivity index (χ2n) is 2.90. The zero-order valence-corrected chi connectivity index (χ0v) is 8.12. The molecule has 1 aromatic rings. The zero-order valence-electron chi connectivity index (χ0n) is 8.12. The van der Waals surface area contributed by atoms with Crippen LogP contribution in [0.5, 0.6) is 0 Å². The molecule has 1 N–H and O–H groups in total. The molecule has 0 aliphatic rings. The van der Waals surface area contributed by atoms with E-state index >= 15 is 0 Å². The Morgan fingerprint density at radius 1 is 1.43 bits per heavy atom. The lowest BCUT2D eigenvalue weighted by atomic mass is 10.2. The van der Waals surface area contributed by atoms with E-state index in [2.05, 4.69) is 18.0 Å². The Balaban J connectivity index is 2.74. The van der Waals surface area contributed by atoms with E-state index in [4.69, 9.17) is 5.26 Å². The van der Waals surface area contributed by atoms with Gasteiger partial charge in [0.25, 0.3) is 0 Å². The SMILES string of the molecule is C=C/C=C(\C)Nc1ccc(C#N)cc1. The normalized spacial score (nSPS) is 10.4. The van der Waals surface area contributed by atoms with Gasteiger partial charge in [-0.15, -0.1) is 0 Å². The summed E-state index contributed by atoms with van der Waals surface area (Å²) in [7, 11) is 0. The first-order valence-corrected chi connectivity index (χ1v) is 4.33. The lowest BCUT2D eigenvalue weighted by molar-refractivity contribution is 1.37. The van der Waals surface area contributed by atoms with Crippen LogP contribution in [-0.2, 0) is 0 Å². The van der Waals surface area contributed by atoms with E-state index in [-0.39, 0.29) is 0 Å². The van der Waals surface area contributed by atoms with Crippen LogP contribution in [0.25, 0.3) is 0 Å². The summed E-state index contributed by atoms with van der Waals surface area (Å²) in [5, 5.41) is 11.8. The van der Waals surface area contributed by atoms with Gasteiger partial charge in [-0.25, -0.2) is 0 Å². The number of nitrogens with one attached hydrogen (secondary N) is 1. The minimum Gasteiger partial charge on any atom is -0.359 e. The topological polar surface area (TPSA) is 35.8 Å². The number of nitriles is 1. The lowest BCUT2D eigenvalue weighted by Gasteiger charge is -2.05. The first kappa shape index (κ1) is 10.1. The van der Waals surface area contributed by atoms with E-state index in [1.165, 1.54) is 0 Å². The Morgan fingerprint density at radius 3 is 2.57 bits per heavy atom. The summed E-state index contributed by atoms with van der Waals surface area (Å²) in [6, 6.07) is 9.38. The third kappa shape index (κ3) is 2.80. The van der Waals surface area contributed by atoms with Gasteiger partial charge in [0.05, 0.1) is 11.6 Å². The second-order valence-corrected chi connectivity index (χ2v) is 2.90. The van der Waals surface area contributed by atoms with Crippen LogP contribution in [-0.4, -0.2) is 0 Å². The van der Waals surface area contributed by atoms with Crippen molar-refractivity contribution < 1.29 is 0 Å². The number of rotatable bonds is 3. The Labute approximate surface area is 84.2 Å². The molecule has 0 bridgehead atoms. The first-order chi connectivity index (χ1) is 6.76. The van der Waals surface area contributed by atoms with E-state index in [0.29, 0.717) is 5.56 Å². The van der Waals surface area contributed by atoms with Crippen molar-refractivity contribution in [2.75, 3.05) is 5.32 Å². The summed E-state index contributed by atoms with van der Waals surface area (Å²) < 4.78 is 0. The van der Waals surface area contributed by atoms with Crippen molar-refractivity contribution in [3.8, 4) is 6.07 Å². The van der Waals surface area contributed by atoms with E-state index < -0.39 is 0 Å². The van der Waals surface area contributed by atoms with Crippen LogP contribution in [0.4, 0.5) is 5.69 Å². The van der Waals surface area contributed by atoms with Gasteiger partial charge in [0, 0.05) is 11.4 Å². The molecule has 14 heavy (non-hydrogen) atoms.